The standard InChI is InChI=1S/C26H26N8O6S2/c27-26-31-18(13-42-26)33(19(35)11-30-40-16-3-1-2-4-16)21-23(37)34-20(25(38)39)15(12-41-24(21)34)9-14-5-8-32(22(14)36)17-10-28-6-7-29-17/h6-7,9-11,13,16,21,24H,1-5,8,12H2,(H2,27,31)(H,38,39)/b14-9-,30-11-/t21-,24-/m1/s1. The third kappa shape index (κ3) is 5.11. The summed E-state index contributed by atoms with van der Waals surface area (Å²) in [5, 5.41) is 15.1. The molecule has 6 rings (SSSR count). The van der Waals surface area contributed by atoms with Crippen molar-refractivity contribution < 1.29 is 29.1 Å². The molecule has 16 heteroatoms. The SMILES string of the molecule is Nc1nc(N(C(=O)/C=N\OC2CCCC2)[C@@H]2C(=O)N3C(C(=O)O)=C(/C=C4/CCN(c5cnccn5)C4=O)CS[C@H]23)cs1. The van der Waals surface area contributed by atoms with Gasteiger partial charge >= 0.3 is 5.97 Å². The maximum Gasteiger partial charge on any atom is 0.352 e. The number of rotatable bonds is 8. The number of β-lactam (4-membered cyclic amide) rings is 1. The number of amides is 3. The minimum atomic E-state index is -1.31. The van der Waals surface area contributed by atoms with E-state index in [0.29, 0.717) is 29.9 Å². The molecule has 3 aliphatic heterocycles. The fourth-order valence-electron chi connectivity index (χ4n) is 5.45. The van der Waals surface area contributed by atoms with Crippen LogP contribution >= 0.6 is 23.1 Å². The van der Waals surface area contributed by atoms with E-state index < -0.39 is 29.2 Å². The van der Waals surface area contributed by atoms with Crippen LogP contribution in [0.15, 0.2) is 52.0 Å². The molecule has 4 aliphatic rings. The van der Waals surface area contributed by atoms with Gasteiger partial charge in [0.1, 0.15) is 35.2 Å². The lowest BCUT2D eigenvalue weighted by Crippen LogP contribution is -2.71. The van der Waals surface area contributed by atoms with Crippen molar-refractivity contribution in [1.82, 2.24) is 19.9 Å². The van der Waals surface area contributed by atoms with Crippen LogP contribution in [-0.2, 0) is 24.0 Å². The second-order valence-corrected chi connectivity index (χ2v) is 12.0. The Balaban J connectivity index is 1.25. The number of carbonyl (C=O) groups excluding carboxylic acids is 3. The lowest BCUT2D eigenvalue weighted by atomic mass is 10.00. The summed E-state index contributed by atoms with van der Waals surface area (Å²) in [6.07, 6.45) is 11.2. The lowest BCUT2D eigenvalue weighted by Gasteiger charge is -2.51. The fraction of sp³-hybridized carbons (Fsp3) is 0.385. The van der Waals surface area contributed by atoms with Gasteiger partial charge in [-0.05, 0) is 43.8 Å². The van der Waals surface area contributed by atoms with E-state index in [4.69, 9.17) is 10.6 Å². The number of fused-ring (bicyclic) bond motifs is 1. The molecule has 1 saturated carbocycles. The highest BCUT2D eigenvalue weighted by atomic mass is 32.2. The predicted molar refractivity (Wildman–Crippen MR) is 154 cm³/mol. The average molecular weight is 611 g/mol. The molecule has 0 aromatic carbocycles. The van der Waals surface area contributed by atoms with Gasteiger partial charge in [-0.1, -0.05) is 5.16 Å². The lowest BCUT2D eigenvalue weighted by molar-refractivity contribution is -0.148. The van der Waals surface area contributed by atoms with Crippen LogP contribution in [0.3, 0.4) is 0 Å². The molecular weight excluding hydrogens is 584 g/mol. The first kappa shape index (κ1) is 27.8. The summed E-state index contributed by atoms with van der Waals surface area (Å²) in [4.78, 5) is 74.1. The van der Waals surface area contributed by atoms with E-state index in [1.165, 1.54) is 40.2 Å². The normalized spacial score (nSPS) is 23.6. The van der Waals surface area contributed by atoms with Gasteiger partial charge in [-0.15, -0.1) is 23.1 Å². The number of allylic oxidation sites excluding steroid dienone is 1. The molecule has 2 aromatic rings. The Bertz CT molecular complexity index is 1520. The Morgan fingerprint density at radius 1 is 1.24 bits per heavy atom. The smallest absolute Gasteiger partial charge is 0.352 e. The third-order valence-corrected chi connectivity index (χ3v) is 9.37. The second kappa shape index (κ2) is 11.5. The van der Waals surface area contributed by atoms with Crippen LogP contribution in [0.4, 0.5) is 16.8 Å². The number of thioether (sulfide) groups is 1. The van der Waals surface area contributed by atoms with Crippen molar-refractivity contribution in [3.05, 3.63) is 46.9 Å². The quantitative estimate of drug-likeness (QED) is 0.192. The minimum Gasteiger partial charge on any atom is -0.477 e. The number of aromatic nitrogens is 3. The summed E-state index contributed by atoms with van der Waals surface area (Å²) >= 11 is 2.40. The number of anilines is 3. The zero-order valence-corrected chi connectivity index (χ0v) is 23.8. The summed E-state index contributed by atoms with van der Waals surface area (Å²) in [5.41, 5.74) is 6.35. The molecule has 3 fully saturated rings. The van der Waals surface area contributed by atoms with Crippen LogP contribution in [0.2, 0.25) is 0 Å². The molecule has 5 heterocycles. The molecule has 0 bridgehead atoms. The van der Waals surface area contributed by atoms with Gasteiger partial charge in [0.05, 0.1) is 6.20 Å². The molecule has 2 saturated heterocycles. The van der Waals surface area contributed by atoms with Crippen molar-refractivity contribution in [2.45, 2.75) is 49.6 Å². The summed E-state index contributed by atoms with van der Waals surface area (Å²) in [6, 6.07) is -1.04. The topological polar surface area (TPSA) is 185 Å². The number of thiazole rings is 1. The molecule has 218 valence electrons. The maximum absolute atomic E-state index is 13.6. The van der Waals surface area contributed by atoms with Crippen LogP contribution in [0.1, 0.15) is 32.1 Å². The largest absolute Gasteiger partial charge is 0.477 e. The molecule has 0 unspecified atom stereocenters. The molecule has 42 heavy (non-hydrogen) atoms. The molecule has 1 aliphatic carbocycles. The molecule has 3 N–H and O–H groups in total. The average Bonchev–Trinajstić information content (AvgIpc) is 3.74. The van der Waals surface area contributed by atoms with Crippen LogP contribution in [0, 0.1) is 0 Å². The summed E-state index contributed by atoms with van der Waals surface area (Å²) in [5.74, 6) is -2.06. The number of nitrogens with zero attached hydrogens (tertiary/aromatic N) is 7. The third-order valence-electron chi connectivity index (χ3n) is 7.42. The Labute approximate surface area is 247 Å². The Morgan fingerprint density at radius 3 is 2.74 bits per heavy atom. The van der Waals surface area contributed by atoms with E-state index in [9.17, 15) is 24.3 Å². The highest BCUT2D eigenvalue weighted by Gasteiger charge is 2.57. The van der Waals surface area contributed by atoms with E-state index in [1.54, 1.807) is 11.5 Å². The number of hydrogen-bond acceptors (Lipinski definition) is 12. The second-order valence-electron chi connectivity index (χ2n) is 9.97. The van der Waals surface area contributed by atoms with Gasteiger partial charge in [0.2, 0.25) is 0 Å². The van der Waals surface area contributed by atoms with Crippen molar-refractivity contribution >= 4 is 69.8 Å². The number of aliphatic carboxylic acids is 1. The van der Waals surface area contributed by atoms with Crippen LogP contribution in [0.25, 0.3) is 0 Å². The molecule has 3 amide bonds. The first-order valence-corrected chi connectivity index (χ1v) is 15.2. The van der Waals surface area contributed by atoms with Crippen molar-refractivity contribution in [2.75, 3.05) is 27.8 Å². The number of carboxylic acid groups (broad SMARTS) is 1. The van der Waals surface area contributed by atoms with Crippen molar-refractivity contribution in [3.8, 4) is 0 Å². The molecular formula is C26H26N8O6S2. The van der Waals surface area contributed by atoms with Crippen molar-refractivity contribution in [3.63, 3.8) is 0 Å². The summed E-state index contributed by atoms with van der Waals surface area (Å²) < 4.78 is 0. The zero-order chi connectivity index (χ0) is 29.4. The number of nitrogens with two attached hydrogens (primary N) is 1. The van der Waals surface area contributed by atoms with E-state index >= 15 is 0 Å². The Kier molecular flexibility index (Phi) is 7.64. The number of nitrogen functional groups attached to an aromatic ring is 1. The number of carbonyl (C=O) groups is 4. The van der Waals surface area contributed by atoms with Crippen molar-refractivity contribution in [2.24, 2.45) is 5.16 Å². The molecule has 2 atom stereocenters. The van der Waals surface area contributed by atoms with E-state index in [1.807, 2.05) is 0 Å². The monoisotopic (exact) mass is 610 g/mol. The van der Waals surface area contributed by atoms with Gasteiger partial charge in [0, 0.05) is 35.6 Å². The maximum atomic E-state index is 13.6. The van der Waals surface area contributed by atoms with Gasteiger partial charge in [0.15, 0.2) is 10.9 Å². The van der Waals surface area contributed by atoms with Gasteiger partial charge in [0.25, 0.3) is 17.7 Å². The highest BCUT2D eigenvalue weighted by molar-refractivity contribution is 8.00. The first-order chi connectivity index (χ1) is 20.3. The van der Waals surface area contributed by atoms with Crippen LogP contribution < -0.4 is 15.5 Å². The van der Waals surface area contributed by atoms with Crippen LogP contribution in [0.5, 0.6) is 0 Å². The molecule has 2 aromatic heterocycles. The summed E-state index contributed by atoms with van der Waals surface area (Å²) in [7, 11) is 0. The van der Waals surface area contributed by atoms with Gasteiger partial charge in [-0.25, -0.2) is 14.8 Å². The number of oxime groups is 1. The molecule has 14 nitrogen and oxygen atoms in total. The fourth-order valence-corrected chi connectivity index (χ4v) is 7.33. The predicted octanol–water partition coefficient (Wildman–Crippen LogP) is 1.78. The first-order valence-electron chi connectivity index (χ1n) is 13.3. The van der Waals surface area contributed by atoms with Crippen molar-refractivity contribution in [1.29, 1.82) is 0 Å². The van der Waals surface area contributed by atoms with Gasteiger partial charge < -0.3 is 15.7 Å². The number of hydrogen-bond donors (Lipinski definition) is 2. The summed E-state index contributed by atoms with van der Waals surface area (Å²) in [6.45, 7) is 0.374. The molecule has 0 spiro atoms. The molecule has 0 radical (unpaired) electrons. The Hall–Kier alpha value is -4.31. The Morgan fingerprint density at radius 2 is 2.05 bits per heavy atom. The van der Waals surface area contributed by atoms with Crippen LogP contribution in [-0.4, -0.2) is 84.7 Å². The van der Waals surface area contributed by atoms with E-state index in [-0.39, 0.29) is 34.4 Å². The van der Waals surface area contributed by atoms with Gasteiger partial charge in [-0.2, -0.15) is 0 Å². The van der Waals surface area contributed by atoms with E-state index in [2.05, 4.69) is 20.1 Å². The minimum absolute atomic E-state index is 0.0533. The highest BCUT2D eigenvalue weighted by Crippen LogP contribution is 2.44. The van der Waals surface area contributed by atoms with Gasteiger partial charge in [-0.3, -0.25) is 34.1 Å². The number of carboxylic acids is 1. The van der Waals surface area contributed by atoms with E-state index in [0.717, 1.165) is 48.1 Å². The zero-order valence-electron chi connectivity index (χ0n) is 22.2.